The van der Waals surface area contributed by atoms with Crippen LogP contribution in [0.15, 0.2) is 6.20 Å². The number of hydrogen-bond donors (Lipinski definition) is 1. The van der Waals surface area contributed by atoms with Crippen molar-refractivity contribution in [1.29, 1.82) is 0 Å². The quantitative estimate of drug-likeness (QED) is 0.909. The highest BCUT2D eigenvalue weighted by Gasteiger charge is 2.22. The molecule has 3 rings (SSSR count). The lowest BCUT2D eigenvalue weighted by Gasteiger charge is -2.25. The fourth-order valence-corrected chi connectivity index (χ4v) is 3.22. The number of nitrogens with zero attached hydrogens (tertiary/aromatic N) is 2. The van der Waals surface area contributed by atoms with Crippen LogP contribution in [0.4, 0.5) is 0 Å². The average molecular weight is 277 g/mol. The van der Waals surface area contributed by atoms with Crippen LogP contribution in [-0.4, -0.2) is 34.2 Å². The molecule has 1 saturated carbocycles. The normalized spacial score (nSPS) is 22.8. The summed E-state index contributed by atoms with van der Waals surface area (Å²) in [5, 5.41) is 3.08. The number of imidazole rings is 1. The molecule has 1 N–H and O–H groups in total. The molecule has 5 heteroatoms. The number of amides is 1. The monoisotopic (exact) mass is 277 g/mol. The second-order valence-corrected chi connectivity index (χ2v) is 5.97. The van der Waals surface area contributed by atoms with E-state index in [1.54, 1.807) is 0 Å². The van der Waals surface area contributed by atoms with Crippen LogP contribution in [0.1, 0.15) is 43.6 Å². The van der Waals surface area contributed by atoms with Crippen LogP contribution >= 0.6 is 0 Å². The maximum absolute atomic E-state index is 11.9. The molecule has 0 saturated heterocycles. The van der Waals surface area contributed by atoms with Gasteiger partial charge in [-0.05, 0) is 26.2 Å². The van der Waals surface area contributed by atoms with Gasteiger partial charge >= 0.3 is 0 Å². The third kappa shape index (κ3) is 3.20. The summed E-state index contributed by atoms with van der Waals surface area (Å²) in [7, 11) is 0. The van der Waals surface area contributed by atoms with Crippen LogP contribution < -0.4 is 5.32 Å². The zero-order chi connectivity index (χ0) is 13.9. The Morgan fingerprint density at radius 1 is 1.45 bits per heavy atom. The third-order valence-electron chi connectivity index (χ3n) is 4.23. The molecule has 1 aliphatic carbocycles. The molecular weight excluding hydrogens is 254 g/mol. The second-order valence-electron chi connectivity index (χ2n) is 5.97. The predicted octanol–water partition coefficient (Wildman–Crippen LogP) is 1.58. The smallest absolute Gasteiger partial charge is 0.246 e. The number of ether oxygens (including phenoxy) is 1. The van der Waals surface area contributed by atoms with Crippen molar-refractivity contribution in [3.05, 3.63) is 17.7 Å². The molecule has 2 heterocycles. The van der Waals surface area contributed by atoms with E-state index in [-0.39, 0.29) is 18.6 Å². The number of fused-ring (bicyclic) bond motifs is 1. The first-order valence-corrected chi connectivity index (χ1v) is 7.64. The number of hydrogen-bond acceptors (Lipinski definition) is 3. The van der Waals surface area contributed by atoms with E-state index in [0.717, 1.165) is 43.7 Å². The lowest BCUT2D eigenvalue weighted by Crippen LogP contribution is -2.42. The van der Waals surface area contributed by atoms with E-state index in [2.05, 4.69) is 21.1 Å². The fraction of sp³-hybridized carbons (Fsp3) is 0.733. The van der Waals surface area contributed by atoms with E-state index in [1.165, 1.54) is 12.8 Å². The number of aryl methyl sites for hydroxylation is 2. The van der Waals surface area contributed by atoms with Crippen molar-refractivity contribution in [2.75, 3.05) is 6.61 Å². The van der Waals surface area contributed by atoms with Gasteiger partial charge in [0, 0.05) is 25.2 Å². The first kappa shape index (κ1) is 13.6. The van der Waals surface area contributed by atoms with E-state index in [9.17, 15) is 4.79 Å². The first-order chi connectivity index (χ1) is 9.70. The predicted molar refractivity (Wildman–Crippen MR) is 75.4 cm³/mol. The second kappa shape index (κ2) is 5.95. The Kier molecular flexibility index (Phi) is 4.05. The minimum Gasteiger partial charge on any atom is -0.368 e. The molecule has 0 aromatic carbocycles. The summed E-state index contributed by atoms with van der Waals surface area (Å²) in [5.74, 6) is 1.15. The van der Waals surface area contributed by atoms with Gasteiger partial charge in [0.1, 0.15) is 12.4 Å². The van der Waals surface area contributed by atoms with Crippen LogP contribution in [0.25, 0.3) is 0 Å². The van der Waals surface area contributed by atoms with Gasteiger partial charge < -0.3 is 14.6 Å². The van der Waals surface area contributed by atoms with Gasteiger partial charge in [0.25, 0.3) is 0 Å². The Labute approximate surface area is 119 Å². The van der Waals surface area contributed by atoms with E-state index in [4.69, 9.17) is 4.74 Å². The molecule has 1 fully saturated rings. The lowest BCUT2D eigenvalue weighted by atomic mass is 10.1. The Hall–Kier alpha value is -1.36. The van der Waals surface area contributed by atoms with Gasteiger partial charge in [-0.1, -0.05) is 12.8 Å². The number of carbonyl (C=O) groups excluding carboxylic acids is 1. The molecule has 1 aliphatic heterocycles. The average Bonchev–Trinajstić information content (AvgIpc) is 3.04. The van der Waals surface area contributed by atoms with Crippen molar-refractivity contribution in [3.63, 3.8) is 0 Å². The Morgan fingerprint density at radius 2 is 2.25 bits per heavy atom. The van der Waals surface area contributed by atoms with Gasteiger partial charge in [0.2, 0.25) is 5.91 Å². The summed E-state index contributed by atoms with van der Waals surface area (Å²) >= 11 is 0. The van der Waals surface area contributed by atoms with E-state index >= 15 is 0 Å². The van der Waals surface area contributed by atoms with Crippen molar-refractivity contribution < 1.29 is 9.53 Å². The molecule has 5 nitrogen and oxygen atoms in total. The van der Waals surface area contributed by atoms with Crippen molar-refractivity contribution in [2.45, 2.75) is 64.1 Å². The Balaban J connectivity index is 1.45. The highest BCUT2D eigenvalue weighted by atomic mass is 16.5. The van der Waals surface area contributed by atoms with Crippen molar-refractivity contribution >= 4 is 5.91 Å². The maximum Gasteiger partial charge on any atom is 0.246 e. The van der Waals surface area contributed by atoms with Crippen LogP contribution in [0.3, 0.4) is 0 Å². The zero-order valence-corrected chi connectivity index (χ0v) is 12.1. The molecule has 2 aliphatic rings. The topological polar surface area (TPSA) is 56.2 Å². The van der Waals surface area contributed by atoms with E-state index in [0.29, 0.717) is 6.10 Å². The SMILES string of the molecule is Cc1cn2c(n1)CCC(NC(=O)COC1CCCC1)C2. The maximum atomic E-state index is 11.9. The van der Waals surface area contributed by atoms with Gasteiger partial charge in [-0.3, -0.25) is 4.79 Å². The molecule has 0 bridgehead atoms. The molecule has 1 aromatic rings. The molecular formula is C15H23N3O2. The van der Waals surface area contributed by atoms with Gasteiger partial charge in [0.15, 0.2) is 0 Å². The van der Waals surface area contributed by atoms with Crippen LogP contribution in [0.2, 0.25) is 0 Å². The number of rotatable bonds is 4. The van der Waals surface area contributed by atoms with Crippen molar-refractivity contribution in [3.8, 4) is 0 Å². The molecule has 20 heavy (non-hydrogen) atoms. The minimum atomic E-state index is 0.0159. The first-order valence-electron chi connectivity index (χ1n) is 7.64. The van der Waals surface area contributed by atoms with Gasteiger partial charge in [0.05, 0.1) is 11.8 Å². The standard InChI is InChI=1S/C15H23N3O2/c1-11-8-18-9-12(6-7-14(18)16-11)17-15(19)10-20-13-4-2-3-5-13/h8,12-13H,2-7,9-10H2,1H3,(H,17,19). The minimum absolute atomic E-state index is 0.0159. The van der Waals surface area contributed by atoms with Crippen molar-refractivity contribution in [1.82, 2.24) is 14.9 Å². The molecule has 1 unspecified atom stereocenters. The summed E-state index contributed by atoms with van der Waals surface area (Å²) in [6.45, 7) is 3.04. The number of aromatic nitrogens is 2. The molecule has 110 valence electrons. The summed E-state index contributed by atoms with van der Waals surface area (Å²) in [6, 6.07) is 0.204. The summed E-state index contributed by atoms with van der Waals surface area (Å²) in [4.78, 5) is 16.4. The molecule has 1 aromatic heterocycles. The lowest BCUT2D eigenvalue weighted by molar-refractivity contribution is -0.128. The summed E-state index contributed by atoms with van der Waals surface area (Å²) < 4.78 is 7.80. The van der Waals surface area contributed by atoms with Gasteiger partial charge in [-0.15, -0.1) is 0 Å². The van der Waals surface area contributed by atoms with Crippen LogP contribution in [0.5, 0.6) is 0 Å². The summed E-state index contributed by atoms with van der Waals surface area (Å²) in [6.07, 6.45) is 8.93. The molecule has 1 amide bonds. The van der Waals surface area contributed by atoms with E-state index in [1.807, 2.05) is 6.92 Å². The van der Waals surface area contributed by atoms with Crippen LogP contribution in [-0.2, 0) is 22.5 Å². The highest BCUT2D eigenvalue weighted by Crippen LogP contribution is 2.20. The van der Waals surface area contributed by atoms with Gasteiger partial charge in [-0.2, -0.15) is 0 Å². The third-order valence-corrected chi connectivity index (χ3v) is 4.23. The highest BCUT2D eigenvalue weighted by molar-refractivity contribution is 5.77. The van der Waals surface area contributed by atoms with E-state index < -0.39 is 0 Å². The number of carbonyl (C=O) groups is 1. The Morgan fingerprint density at radius 3 is 3.05 bits per heavy atom. The zero-order valence-electron chi connectivity index (χ0n) is 12.1. The summed E-state index contributed by atoms with van der Waals surface area (Å²) in [5.41, 5.74) is 1.05. The Bertz CT molecular complexity index is 477. The van der Waals surface area contributed by atoms with Crippen molar-refractivity contribution in [2.24, 2.45) is 0 Å². The molecule has 0 radical (unpaired) electrons. The largest absolute Gasteiger partial charge is 0.368 e. The molecule has 1 atom stereocenters. The van der Waals surface area contributed by atoms with Crippen LogP contribution in [0, 0.1) is 6.92 Å². The fourth-order valence-electron chi connectivity index (χ4n) is 3.22. The van der Waals surface area contributed by atoms with Gasteiger partial charge in [-0.25, -0.2) is 4.98 Å². The molecule has 0 spiro atoms. The number of nitrogens with one attached hydrogen (secondary N) is 1.